The molecule has 2 atom stereocenters. The molecule has 0 heterocycles. The largest absolute Gasteiger partial charge is 0.494 e. The van der Waals surface area contributed by atoms with Crippen LogP contribution in [0, 0.1) is 11.8 Å². The summed E-state index contributed by atoms with van der Waals surface area (Å²) >= 11 is 0. The van der Waals surface area contributed by atoms with Gasteiger partial charge in [-0.25, -0.2) is 0 Å². The second-order valence-electron chi connectivity index (χ2n) is 5.76. The Hall–Kier alpha value is -1.55. The summed E-state index contributed by atoms with van der Waals surface area (Å²) in [5.41, 5.74) is 1.20. The predicted molar refractivity (Wildman–Crippen MR) is 82.4 cm³/mol. The minimum Gasteiger partial charge on any atom is -0.494 e. The number of benzene rings is 1. The Bertz CT molecular complexity index is 444. The Balaban J connectivity index is 1.74. The van der Waals surface area contributed by atoms with Crippen molar-refractivity contribution in [3.8, 4) is 5.75 Å². The number of ether oxygens (including phenoxy) is 1. The number of carbonyl (C=O) groups is 1. The van der Waals surface area contributed by atoms with Crippen molar-refractivity contribution in [2.75, 3.05) is 13.2 Å². The van der Waals surface area contributed by atoms with Gasteiger partial charge in [-0.1, -0.05) is 25.5 Å². The van der Waals surface area contributed by atoms with Gasteiger partial charge in [-0.2, -0.15) is 0 Å². The minimum atomic E-state index is -0.642. The van der Waals surface area contributed by atoms with Crippen molar-refractivity contribution < 1.29 is 14.6 Å². The van der Waals surface area contributed by atoms with Crippen LogP contribution in [0.2, 0.25) is 0 Å². The molecule has 0 radical (unpaired) electrons. The van der Waals surface area contributed by atoms with Crippen molar-refractivity contribution in [3.05, 3.63) is 29.8 Å². The highest BCUT2D eigenvalue weighted by Gasteiger charge is 2.32. The van der Waals surface area contributed by atoms with Crippen molar-refractivity contribution in [2.24, 2.45) is 11.8 Å². The number of carboxylic acids is 1. The van der Waals surface area contributed by atoms with Crippen molar-refractivity contribution in [2.45, 2.75) is 39.2 Å². The summed E-state index contributed by atoms with van der Waals surface area (Å²) in [6, 6.07) is 8.09. The molecule has 2 N–H and O–H groups in total. The Morgan fingerprint density at radius 1 is 1.33 bits per heavy atom. The summed E-state index contributed by atoms with van der Waals surface area (Å²) in [4.78, 5) is 11.1. The first kappa shape index (κ1) is 15.8. The van der Waals surface area contributed by atoms with Crippen LogP contribution >= 0.6 is 0 Å². The van der Waals surface area contributed by atoms with E-state index in [0.717, 1.165) is 51.1 Å². The molecule has 1 fully saturated rings. The fraction of sp³-hybridized carbons (Fsp3) is 0.588. The van der Waals surface area contributed by atoms with E-state index >= 15 is 0 Å². The Morgan fingerprint density at radius 3 is 2.76 bits per heavy atom. The van der Waals surface area contributed by atoms with Crippen LogP contribution in [0.15, 0.2) is 24.3 Å². The normalized spacial score (nSPS) is 21.4. The van der Waals surface area contributed by atoms with E-state index in [2.05, 4.69) is 24.4 Å². The maximum atomic E-state index is 11.1. The second-order valence-corrected chi connectivity index (χ2v) is 5.76. The summed E-state index contributed by atoms with van der Waals surface area (Å²) < 4.78 is 5.55. The number of carboxylic acid groups (broad SMARTS) is 1. The van der Waals surface area contributed by atoms with E-state index in [0.29, 0.717) is 0 Å². The minimum absolute atomic E-state index is 0.165. The first-order chi connectivity index (χ1) is 10.2. The molecule has 1 aromatic rings. The molecule has 0 aromatic heterocycles. The van der Waals surface area contributed by atoms with E-state index in [1.54, 1.807) is 0 Å². The lowest BCUT2D eigenvalue weighted by molar-refractivity contribution is -0.142. The van der Waals surface area contributed by atoms with Gasteiger partial charge in [0.05, 0.1) is 12.5 Å². The van der Waals surface area contributed by atoms with Gasteiger partial charge in [0.1, 0.15) is 5.75 Å². The van der Waals surface area contributed by atoms with Crippen molar-refractivity contribution in [3.63, 3.8) is 0 Å². The van der Waals surface area contributed by atoms with Crippen LogP contribution in [-0.2, 0) is 11.3 Å². The standard InChI is InChI=1S/C17H25NO3/c1-2-10-21-15-8-6-13(7-9-15)11-18-12-14-4-3-5-16(14)17(19)20/h6-9,14,16,18H,2-5,10-12H2,1H3,(H,19,20)/t14-,16-/m1/s1. The molecule has 0 aliphatic heterocycles. The third kappa shape index (κ3) is 4.74. The monoisotopic (exact) mass is 291 g/mol. The van der Waals surface area contributed by atoms with Crippen LogP contribution in [0.5, 0.6) is 5.75 Å². The quantitative estimate of drug-likeness (QED) is 0.773. The molecule has 4 nitrogen and oxygen atoms in total. The van der Waals surface area contributed by atoms with Gasteiger partial charge < -0.3 is 15.2 Å². The van der Waals surface area contributed by atoms with Crippen molar-refractivity contribution >= 4 is 5.97 Å². The lowest BCUT2D eigenvalue weighted by Crippen LogP contribution is -2.28. The number of rotatable bonds is 8. The fourth-order valence-electron chi connectivity index (χ4n) is 2.93. The number of hydrogen-bond donors (Lipinski definition) is 2. The molecular formula is C17H25NO3. The highest BCUT2D eigenvalue weighted by molar-refractivity contribution is 5.70. The number of nitrogens with one attached hydrogen (secondary N) is 1. The summed E-state index contributed by atoms with van der Waals surface area (Å²) in [7, 11) is 0. The zero-order chi connectivity index (χ0) is 15.1. The SMILES string of the molecule is CCCOc1ccc(CNC[C@H]2CCC[C@H]2C(=O)O)cc1. The molecule has 1 aliphatic rings. The molecule has 1 saturated carbocycles. The first-order valence-electron chi connectivity index (χ1n) is 7.86. The molecule has 1 aromatic carbocycles. The molecular weight excluding hydrogens is 266 g/mol. The van der Waals surface area contributed by atoms with Gasteiger partial charge in [-0.05, 0) is 49.4 Å². The molecule has 2 rings (SSSR count). The molecule has 0 unspecified atom stereocenters. The van der Waals surface area contributed by atoms with E-state index in [4.69, 9.17) is 9.84 Å². The Kier molecular flexibility index (Phi) is 6.05. The number of hydrogen-bond acceptors (Lipinski definition) is 3. The molecule has 0 amide bonds. The van der Waals surface area contributed by atoms with Crippen LogP contribution in [0.4, 0.5) is 0 Å². The highest BCUT2D eigenvalue weighted by atomic mass is 16.5. The topological polar surface area (TPSA) is 58.6 Å². The Labute approximate surface area is 126 Å². The highest BCUT2D eigenvalue weighted by Crippen LogP contribution is 2.31. The second kappa shape index (κ2) is 8.03. The van der Waals surface area contributed by atoms with Gasteiger partial charge in [0, 0.05) is 6.54 Å². The molecule has 21 heavy (non-hydrogen) atoms. The molecule has 0 spiro atoms. The van der Waals surface area contributed by atoms with Gasteiger partial charge in [-0.15, -0.1) is 0 Å². The van der Waals surface area contributed by atoms with E-state index in [-0.39, 0.29) is 11.8 Å². The average molecular weight is 291 g/mol. The maximum absolute atomic E-state index is 11.1. The van der Waals surface area contributed by atoms with Crippen molar-refractivity contribution in [1.29, 1.82) is 0 Å². The zero-order valence-corrected chi connectivity index (χ0v) is 12.7. The van der Waals surface area contributed by atoms with Gasteiger partial charge in [-0.3, -0.25) is 4.79 Å². The van der Waals surface area contributed by atoms with E-state index in [1.807, 2.05) is 12.1 Å². The predicted octanol–water partition coefficient (Wildman–Crippen LogP) is 3.07. The molecule has 1 aliphatic carbocycles. The van der Waals surface area contributed by atoms with Gasteiger partial charge >= 0.3 is 5.97 Å². The lowest BCUT2D eigenvalue weighted by Gasteiger charge is -2.16. The van der Waals surface area contributed by atoms with Crippen LogP contribution in [0.1, 0.15) is 38.2 Å². The summed E-state index contributed by atoms with van der Waals surface area (Å²) in [5.74, 6) is 0.371. The molecule has 0 bridgehead atoms. The van der Waals surface area contributed by atoms with Crippen molar-refractivity contribution in [1.82, 2.24) is 5.32 Å². The number of aliphatic carboxylic acids is 1. The maximum Gasteiger partial charge on any atom is 0.306 e. The van der Waals surface area contributed by atoms with Crippen LogP contribution in [0.3, 0.4) is 0 Å². The first-order valence-corrected chi connectivity index (χ1v) is 7.86. The summed E-state index contributed by atoms with van der Waals surface area (Å²) in [5, 5.41) is 12.5. The lowest BCUT2D eigenvalue weighted by atomic mass is 9.96. The molecule has 116 valence electrons. The molecule has 4 heteroatoms. The van der Waals surface area contributed by atoms with Crippen LogP contribution < -0.4 is 10.1 Å². The average Bonchev–Trinajstić information content (AvgIpc) is 2.95. The van der Waals surface area contributed by atoms with Crippen LogP contribution in [0.25, 0.3) is 0 Å². The Morgan fingerprint density at radius 2 is 2.10 bits per heavy atom. The fourth-order valence-corrected chi connectivity index (χ4v) is 2.93. The van der Waals surface area contributed by atoms with E-state index in [9.17, 15) is 4.79 Å². The third-order valence-corrected chi connectivity index (χ3v) is 4.11. The summed E-state index contributed by atoms with van der Waals surface area (Å²) in [6.07, 6.45) is 3.89. The van der Waals surface area contributed by atoms with Gasteiger partial charge in [0.15, 0.2) is 0 Å². The van der Waals surface area contributed by atoms with Gasteiger partial charge in [0.2, 0.25) is 0 Å². The smallest absolute Gasteiger partial charge is 0.306 e. The zero-order valence-electron chi connectivity index (χ0n) is 12.7. The van der Waals surface area contributed by atoms with E-state index < -0.39 is 5.97 Å². The summed E-state index contributed by atoms with van der Waals surface area (Å²) in [6.45, 7) is 4.39. The van der Waals surface area contributed by atoms with Crippen LogP contribution in [-0.4, -0.2) is 24.2 Å². The van der Waals surface area contributed by atoms with E-state index in [1.165, 1.54) is 5.56 Å². The van der Waals surface area contributed by atoms with Gasteiger partial charge in [0.25, 0.3) is 0 Å². The molecule has 0 saturated heterocycles. The third-order valence-electron chi connectivity index (χ3n) is 4.11.